The number of halogens is 1. The maximum atomic E-state index is 14.1. The Kier molecular flexibility index (Phi) is 5.32. The molecule has 160 valence electrons. The summed E-state index contributed by atoms with van der Waals surface area (Å²) < 4.78 is 15.9. The molecule has 2 aromatic heterocycles. The Balaban J connectivity index is 1.34. The summed E-state index contributed by atoms with van der Waals surface area (Å²) in [6.45, 7) is 3.09. The molecule has 9 heteroatoms. The Morgan fingerprint density at radius 2 is 2.32 bits per heavy atom. The summed E-state index contributed by atoms with van der Waals surface area (Å²) in [6, 6.07) is 2.26. The van der Waals surface area contributed by atoms with Crippen molar-refractivity contribution in [3.05, 3.63) is 47.0 Å². The van der Waals surface area contributed by atoms with Gasteiger partial charge in [0.05, 0.1) is 23.8 Å². The number of thiazole rings is 1. The highest BCUT2D eigenvalue weighted by molar-refractivity contribution is 7.14. The lowest BCUT2D eigenvalue weighted by atomic mass is 10.00. The van der Waals surface area contributed by atoms with Crippen LogP contribution in [-0.2, 0) is 0 Å². The number of rotatable bonds is 6. The summed E-state index contributed by atoms with van der Waals surface area (Å²) in [5, 5.41) is 17.9. The van der Waals surface area contributed by atoms with E-state index in [2.05, 4.69) is 33.3 Å². The molecule has 4 heterocycles. The third-order valence-electron chi connectivity index (χ3n) is 6.23. The molecule has 1 aliphatic carbocycles. The number of allylic oxidation sites excluding steroid dienone is 1. The fraction of sp³-hybridized carbons (Fsp3) is 0.455. The lowest BCUT2D eigenvalue weighted by molar-refractivity contribution is 0.257. The summed E-state index contributed by atoms with van der Waals surface area (Å²) in [4.78, 5) is 11.0. The summed E-state index contributed by atoms with van der Waals surface area (Å²) in [6.07, 6.45) is 10.9. The van der Waals surface area contributed by atoms with Crippen LogP contribution in [0.15, 0.2) is 40.7 Å². The van der Waals surface area contributed by atoms with Crippen LogP contribution in [-0.4, -0.2) is 46.4 Å². The number of aliphatic imine (C=N–C) groups is 1. The van der Waals surface area contributed by atoms with Gasteiger partial charge in [-0.2, -0.15) is 10.4 Å². The predicted octanol–water partition coefficient (Wildman–Crippen LogP) is 3.70. The quantitative estimate of drug-likeness (QED) is 0.745. The molecule has 2 aromatic rings. The topological polar surface area (TPSA) is 82.1 Å². The molecule has 1 saturated carbocycles. The van der Waals surface area contributed by atoms with Crippen molar-refractivity contribution in [3.63, 3.8) is 0 Å². The first kappa shape index (κ1) is 19.9. The van der Waals surface area contributed by atoms with Crippen molar-refractivity contribution < 1.29 is 4.39 Å². The third-order valence-corrected chi connectivity index (χ3v) is 7.12. The van der Waals surface area contributed by atoms with Gasteiger partial charge in [0.15, 0.2) is 5.69 Å². The molecule has 0 amide bonds. The highest BCUT2D eigenvalue weighted by Gasteiger charge is 2.33. The van der Waals surface area contributed by atoms with Crippen LogP contribution >= 0.6 is 11.3 Å². The summed E-state index contributed by atoms with van der Waals surface area (Å²) in [5.41, 5.74) is 5.28. The molecule has 1 N–H and O–H groups in total. The zero-order valence-electron chi connectivity index (χ0n) is 17.3. The van der Waals surface area contributed by atoms with Gasteiger partial charge in [0.1, 0.15) is 23.6 Å². The van der Waals surface area contributed by atoms with Gasteiger partial charge in [-0.25, -0.2) is 9.37 Å². The number of nitrogens with zero attached hydrogens (tertiary/aromatic N) is 6. The molecule has 2 atom stereocenters. The second kappa shape index (κ2) is 8.27. The van der Waals surface area contributed by atoms with Crippen LogP contribution in [0.3, 0.4) is 0 Å². The van der Waals surface area contributed by atoms with Crippen LogP contribution in [0.4, 0.5) is 9.39 Å². The van der Waals surface area contributed by atoms with Crippen molar-refractivity contribution in [1.82, 2.24) is 20.1 Å². The zero-order chi connectivity index (χ0) is 21.4. The van der Waals surface area contributed by atoms with Crippen LogP contribution in [0.25, 0.3) is 5.57 Å². The van der Waals surface area contributed by atoms with E-state index in [0.29, 0.717) is 18.3 Å². The van der Waals surface area contributed by atoms with Gasteiger partial charge in [-0.05, 0) is 37.8 Å². The average molecular weight is 438 g/mol. The SMILES string of the molecule is C/C(=C1/C=CNC1=NC1CC1)c1cnn(C(CF)[C@H]2CCN(c3scnc3C#N)C2)c1. The molecule has 2 fully saturated rings. The van der Waals surface area contributed by atoms with Gasteiger partial charge in [-0.3, -0.25) is 9.67 Å². The highest BCUT2D eigenvalue weighted by Crippen LogP contribution is 2.35. The summed E-state index contributed by atoms with van der Waals surface area (Å²) in [5.74, 6) is 1.04. The largest absolute Gasteiger partial charge is 0.361 e. The molecule has 3 aliphatic rings. The minimum atomic E-state index is -0.473. The van der Waals surface area contributed by atoms with E-state index in [9.17, 15) is 9.65 Å². The number of nitrogens with one attached hydrogen (secondary N) is 1. The number of amidine groups is 1. The van der Waals surface area contributed by atoms with Crippen molar-refractivity contribution in [1.29, 1.82) is 5.26 Å². The molecule has 1 unspecified atom stereocenters. The number of aromatic nitrogens is 3. The second-order valence-electron chi connectivity index (χ2n) is 8.27. The van der Waals surface area contributed by atoms with Crippen molar-refractivity contribution in [2.45, 2.75) is 38.3 Å². The maximum absolute atomic E-state index is 14.1. The number of alkyl halides is 1. The van der Waals surface area contributed by atoms with Gasteiger partial charge < -0.3 is 10.2 Å². The van der Waals surface area contributed by atoms with E-state index in [-0.39, 0.29) is 12.0 Å². The molecule has 0 radical (unpaired) electrons. The Morgan fingerprint density at radius 1 is 1.45 bits per heavy atom. The van der Waals surface area contributed by atoms with Crippen LogP contribution in [0.2, 0.25) is 0 Å². The van der Waals surface area contributed by atoms with Crippen molar-refractivity contribution in [2.75, 3.05) is 24.7 Å². The fourth-order valence-corrected chi connectivity index (χ4v) is 5.05. The van der Waals surface area contributed by atoms with Gasteiger partial charge in [0, 0.05) is 42.5 Å². The van der Waals surface area contributed by atoms with E-state index < -0.39 is 6.67 Å². The first-order chi connectivity index (χ1) is 15.2. The van der Waals surface area contributed by atoms with Gasteiger partial charge in [0.25, 0.3) is 0 Å². The van der Waals surface area contributed by atoms with Gasteiger partial charge in [0.2, 0.25) is 0 Å². The van der Waals surface area contributed by atoms with E-state index in [4.69, 9.17) is 4.99 Å². The predicted molar refractivity (Wildman–Crippen MR) is 120 cm³/mol. The smallest absolute Gasteiger partial charge is 0.175 e. The minimum Gasteiger partial charge on any atom is -0.361 e. The molecule has 1 saturated heterocycles. The molecule has 0 aromatic carbocycles. The molecule has 7 nitrogen and oxygen atoms in total. The first-order valence-corrected chi connectivity index (χ1v) is 11.5. The Morgan fingerprint density at radius 3 is 3.10 bits per heavy atom. The minimum absolute atomic E-state index is 0.124. The number of anilines is 1. The fourth-order valence-electron chi connectivity index (χ4n) is 4.26. The lowest BCUT2D eigenvalue weighted by Crippen LogP contribution is -2.26. The summed E-state index contributed by atoms with van der Waals surface area (Å²) >= 11 is 1.47. The number of nitriles is 1. The molecule has 31 heavy (non-hydrogen) atoms. The monoisotopic (exact) mass is 437 g/mol. The van der Waals surface area contributed by atoms with Crippen LogP contribution in [0, 0.1) is 17.2 Å². The molecular weight excluding hydrogens is 413 g/mol. The highest BCUT2D eigenvalue weighted by atomic mass is 32.1. The average Bonchev–Trinajstić information content (AvgIpc) is 3.28. The third kappa shape index (κ3) is 3.88. The lowest BCUT2D eigenvalue weighted by Gasteiger charge is -2.22. The normalized spacial score (nSPS) is 24.5. The van der Waals surface area contributed by atoms with Gasteiger partial charge in [-0.1, -0.05) is 0 Å². The van der Waals surface area contributed by atoms with Crippen LogP contribution in [0.1, 0.15) is 43.5 Å². The Hall–Kier alpha value is -2.99. The zero-order valence-corrected chi connectivity index (χ0v) is 18.1. The molecule has 5 rings (SSSR count). The van der Waals surface area contributed by atoms with Crippen LogP contribution < -0.4 is 10.2 Å². The van der Waals surface area contributed by atoms with E-state index in [1.807, 2.05) is 24.7 Å². The first-order valence-electron chi connectivity index (χ1n) is 10.6. The molecule has 2 aliphatic heterocycles. The number of hydrogen-bond donors (Lipinski definition) is 1. The number of hydrogen-bond acceptors (Lipinski definition) is 6. The standard InChI is InChI=1S/C22H24FN7S/c1-14(18-4-6-25-21(18)28-17-2-3-17)16-10-27-30(12-16)20(8-23)15-5-7-29(11-15)22-19(9-24)26-13-31-22/h4,6,10,12-13,15,17,20H,2-3,5,7-8,11H2,1H3,(H,25,28)/b18-14+/t15-,20?/m0/s1. The van der Waals surface area contributed by atoms with Gasteiger partial charge in [-0.15, -0.1) is 11.3 Å². The van der Waals surface area contributed by atoms with E-state index in [0.717, 1.165) is 53.4 Å². The van der Waals surface area contributed by atoms with Crippen molar-refractivity contribution >= 4 is 27.7 Å². The van der Waals surface area contributed by atoms with Crippen LogP contribution in [0.5, 0.6) is 0 Å². The maximum Gasteiger partial charge on any atom is 0.175 e. The molecule has 0 bridgehead atoms. The second-order valence-corrected chi connectivity index (χ2v) is 9.10. The van der Waals surface area contributed by atoms with Gasteiger partial charge >= 0.3 is 0 Å². The summed E-state index contributed by atoms with van der Waals surface area (Å²) in [7, 11) is 0. The van der Waals surface area contributed by atoms with Crippen molar-refractivity contribution in [2.24, 2.45) is 10.9 Å². The van der Waals surface area contributed by atoms with E-state index >= 15 is 0 Å². The Labute approximate surface area is 184 Å². The van der Waals surface area contributed by atoms with E-state index in [1.54, 1.807) is 10.2 Å². The van der Waals surface area contributed by atoms with E-state index in [1.165, 1.54) is 11.3 Å². The molecule has 0 spiro atoms. The Bertz CT molecular complexity index is 1100. The van der Waals surface area contributed by atoms with Crippen molar-refractivity contribution in [3.8, 4) is 6.07 Å². The molecular formula is C22H24FN7S.